The van der Waals surface area contributed by atoms with Crippen LogP contribution >= 0.6 is 11.3 Å². The van der Waals surface area contributed by atoms with Crippen molar-refractivity contribution in [3.8, 4) is 5.75 Å². The van der Waals surface area contributed by atoms with E-state index in [1.165, 1.54) is 10.4 Å². The molecule has 2 rings (SSSR count). The minimum atomic E-state index is 0.190. The van der Waals surface area contributed by atoms with Crippen molar-refractivity contribution < 1.29 is 4.74 Å². The van der Waals surface area contributed by atoms with Gasteiger partial charge in [0.25, 0.3) is 0 Å². The van der Waals surface area contributed by atoms with E-state index in [9.17, 15) is 0 Å². The van der Waals surface area contributed by atoms with Crippen LogP contribution in [0.25, 0.3) is 0 Å². The Labute approximate surface area is 112 Å². The zero-order chi connectivity index (χ0) is 13.0. The Hall–Kier alpha value is -1.39. The van der Waals surface area contributed by atoms with Gasteiger partial charge in [-0.15, -0.1) is 11.3 Å². The molecule has 3 nitrogen and oxygen atoms in total. The second-order valence-electron chi connectivity index (χ2n) is 4.43. The number of hydrogen-bond donors (Lipinski definition) is 1. The minimum Gasteiger partial charge on any atom is -0.497 e. The third kappa shape index (κ3) is 3.55. The van der Waals surface area contributed by atoms with Crippen LogP contribution in [0.5, 0.6) is 5.75 Å². The summed E-state index contributed by atoms with van der Waals surface area (Å²) in [7, 11) is 1.68. The van der Waals surface area contributed by atoms with Crippen LogP contribution in [0, 0.1) is 0 Å². The highest BCUT2D eigenvalue weighted by atomic mass is 32.1. The molecule has 0 radical (unpaired) electrons. The van der Waals surface area contributed by atoms with Crippen LogP contribution in [0.15, 0.2) is 30.5 Å². The van der Waals surface area contributed by atoms with Crippen LogP contribution in [-0.2, 0) is 12.8 Å². The van der Waals surface area contributed by atoms with Gasteiger partial charge in [-0.1, -0.05) is 12.1 Å². The lowest BCUT2D eigenvalue weighted by Crippen LogP contribution is -2.16. The lowest BCUT2D eigenvalue weighted by atomic mass is 10.1. The van der Waals surface area contributed by atoms with Crippen LogP contribution in [0.2, 0.25) is 0 Å². The highest BCUT2D eigenvalue weighted by Gasteiger charge is 2.05. The number of thiazole rings is 1. The SMILES string of the molecule is COc1cccc(Cc2ncc(CC(C)N)s2)c1. The Morgan fingerprint density at radius 3 is 3.00 bits per heavy atom. The third-order valence-electron chi connectivity index (χ3n) is 2.61. The number of benzene rings is 1. The first-order valence-corrected chi connectivity index (χ1v) is 6.81. The standard InChI is InChI=1S/C14H18N2OS/c1-10(15)6-13-9-16-14(18-13)8-11-4-3-5-12(7-11)17-2/h3-5,7,9-10H,6,8,15H2,1-2H3. The number of methoxy groups -OCH3 is 1. The molecule has 1 heterocycles. The molecule has 0 amide bonds. The Kier molecular flexibility index (Phi) is 4.33. The summed E-state index contributed by atoms with van der Waals surface area (Å²) in [6.07, 6.45) is 3.68. The van der Waals surface area contributed by atoms with Gasteiger partial charge in [0, 0.05) is 23.5 Å². The summed E-state index contributed by atoms with van der Waals surface area (Å²) in [4.78, 5) is 5.69. The van der Waals surface area contributed by atoms with Gasteiger partial charge < -0.3 is 10.5 Å². The second-order valence-corrected chi connectivity index (χ2v) is 5.63. The van der Waals surface area contributed by atoms with Crippen molar-refractivity contribution in [2.24, 2.45) is 5.73 Å². The van der Waals surface area contributed by atoms with Crippen LogP contribution in [-0.4, -0.2) is 18.1 Å². The Bertz CT molecular complexity index is 508. The maximum atomic E-state index is 5.79. The zero-order valence-electron chi connectivity index (χ0n) is 10.7. The van der Waals surface area contributed by atoms with E-state index >= 15 is 0 Å². The fraction of sp³-hybridized carbons (Fsp3) is 0.357. The Balaban J connectivity index is 2.06. The fourth-order valence-electron chi connectivity index (χ4n) is 1.80. The van der Waals surface area contributed by atoms with Crippen LogP contribution in [0.1, 0.15) is 22.4 Å². The smallest absolute Gasteiger partial charge is 0.119 e. The van der Waals surface area contributed by atoms with Crippen LogP contribution in [0.3, 0.4) is 0 Å². The van der Waals surface area contributed by atoms with Crippen LogP contribution in [0.4, 0.5) is 0 Å². The average molecular weight is 262 g/mol. The average Bonchev–Trinajstić information content (AvgIpc) is 2.76. The molecule has 0 bridgehead atoms. The highest BCUT2D eigenvalue weighted by Crippen LogP contribution is 2.20. The molecule has 1 unspecified atom stereocenters. The first-order valence-electron chi connectivity index (χ1n) is 5.99. The number of rotatable bonds is 5. The third-order valence-corrected chi connectivity index (χ3v) is 3.63. The minimum absolute atomic E-state index is 0.190. The summed E-state index contributed by atoms with van der Waals surface area (Å²) in [6.45, 7) is 2.02. The summed E-state index contributed by atoms with van der Waals surface area (Å²) in [5, 5.41) is 1.12. The van der Waals surface area contributed by atoms with Gasteiger partial charge in [0.2, 0.25) is 0 Å². The van der Waals surface area contributed by atoms with E-state index < -0.39 is 0 Å². The quantitative estimate of drug-likeness (QED) is 0.901. The maximum Gasteiger partial charge on any atom is 0.119 e. The molecular formula is C14H18N2OS. The van der Waals surface area contributed by atoms with Gasteiger partial charge in [0.1, 0.15) is 5.75 Å². The van der Waals surface area contributed by atoms with Crippen molar-refractivity contribution in [3.63, 3.8) is 0 Å². The highest BCUT2D eigenvalue weighted by molar-refractivity contribution is 7.11. The number of hydrogen-bond acceptors (Lipinski definition) is 4. The number of nitrogens with two attached hydrogens (primary N) is 1. The molecule has 96 valence electrons. The first kappa shape index (κ1) is 13.1. The monoisotopic (exact) mass is 262 g/mol. The molecule has 4 heteroatoms. The van der Waals surface area contributed by atoms with Gasteiger partial charge in [-0.25, -0.2) is 4.98 Å². The molecule has 2 aromatic rings. The molecule has 0 saturated carbocycles. The molecule has 0 saturated heterocycles. The lowest BCUT2D eigenvalue weighted by Gasteiger charge is -2.02. The van der Waals surface area contributed by atoms with Crippen molar-refractivity contribution in [2.45, 2.75) is 25.8 Å². The summed E-state index contributed by atoms with van der Waals surface area (Å²) < 4.78 is 5.22. The van der Waals surface area contributed by atoms with Crippen molar-refractivity contribution in [1.29, 1.82) is 0 Å². The summed E-state index contributed by atoms with van der Waals surface area (Å²) in [5.41, 5.74) is 7.01. The Morgan fingerprint density at radius 2 is 2.28 bits per heavy atom. The topological polar surface area (TPSA) is 48.1 Å². The molecule has 18 heavy (non-hydrogen) atoms. The molecule has 0 fully saturated rings. The van der Waals surface area contributed by atoms with Crippen molar-refractivity contribution in [1.82, 2.24) is 4.98 Å². The van der Waals surface area contributed by atoms with E-state index in [1.54, 1.807) is 18.4 Å². The molecule has 0 aliphatic rings. The van der Waals surface area contributed by atoms with E-state index in [0.29, 0.717) is 0 Å². The van der Waals surface area contributed by atoms with E-state index in [4.69, 9.17) is 10.5 Å². The molecule has 1 aromatic heterocycles. The predicted molar refractivity (Wildman–Crippen MR) is 75.3 cm³/mol. The van der Waals surface area contributed by atoms with Gasteiger partial charge in [-0.2, -0.15) is 0 Å². The number of aromatic nitrogens is 1. The van der Waals surface area contributed by atoms with Crippen molar-refractivity contribution in [2.75, 3.05) is 7.11 Å². The fourth-order valence-corrected chi connectivity index (χ4v) is 2.90. The van der Waals surface area contributed by atoms with E-state index in [1.807, 2.05) is 31.3 Å². The number of nitrogens with zero attached hydrogens (tertiary/aromatic N) is 1. The second kappa shape index (κ2) is 5.98. The summed E-state index contributed by atoms with van der Waals surface area (Å²) in [6, 6.07) is 8.29. The molecule has 1 atom stereocenters. The molecule has 1 aromatic carbocycles. The van der Waals surface area contributed by atoms with Gasteiger partial charge in [-0.3, -0.25) is 0 Å². The van der Waals surface area contributed by atoms with E-state index in [-0.39, 0.29) is 6.04 Å². The molecule has 0 aliphatic heterocycles. The number of ether oxygens (including phenoxy) is 1. The normalized spacial score (nSPS) is 12.4. The zero-order valence-corrected chi connectivity index (χ0v) is 11.5. The summed E-state index contributed by atoms with van der Waals surface area (Å²) in [5.74, 6) is 0.889. The largest absolute Gasteiger partial charge is 0.497 e. The van der Waals surface area contributed by atoms with E-state index in [0.717, 1.165) is 23.6 Å². The van der Waals surface area contributed by atoms with E-state index in [2.05, 4.69) is 11.1 Å². The molecule has 0 spiro atoms. The van der Waals surface area contributed by atoms with Crippen LogP contribution < -0.4 is 10.5 Å². The van der Waals surface area contributed by atoms with Gasteiger partial charge >= 0.3 is 0 Å². The molecular weight excluding hydrogens is 244 g/mol. The predicted octanol–water partition coefficient (Wildman–Crippen LogP) is 2.63. The molecule has 2 N–H and O–H groups in total. The van der Waals surface area contributed by atoms with Crippen molar-refractivity contribution >= 4 is 11.3 Å². The summed E-state index contributed by atoms with van der Waals surface area (Å²) >= 11 is 1.74. The van der Waals surface area contributed by atoms with Crippen molar-refractivity contribution in [3.05, 3.63) is 45.9 Å². The van der Waals surface area contributed by atoms with Gasteiger partial charge in [0.05, 0.1) is 12.1 Å². The lowest BCUT2D eigenvalue weighted by molar-refractivity contribution is 0.414. The maximum absolute atomic E-state index is 5.79. The Morgan fingerprint density at radius 1 is 1.44 bits per heavy atom. The van der Waals surface area contributed by atoms with Gasteiger partial charge in [0.15, 0.2) is 0 Å². The first-order chi connectivity index (χ1) is 8.67. The van der Waals surface area contributed by atoms with Gasteiger partial charge in [-0.05, 0) is 31.0 Å². The molecule has 0 aliphatic carbocycles.